The molecule has 1 N–H and O–H groups in total. The second-order valence-electron chi connectivity index (χ2n) is 8.10. The maximum absolute atomic E-state index is 13.2. The van der Waals surface area contributed by atoms with Gasteiger partial charge in [0.1, 0.15) is 0 Å². The van der Waals surface area contributed by atoms with Gasteiger partial charge in [0, 0.05) is 37.0 Å². The Bertz CT molecular complexity index is 899. The third kappa shape index (κ3) is 4.61. The molecular weight excluding hydrogens is 400 g/mol. The number of para-hydroxylation sites is 1. The van der Waals surface area contributed by atoms with Crippen LogP contribution in [-0.2, 0) is 22.6 Å². The summed E-state index contributed by atoms with van der Waals surface area (Å²) in [7, 11) is 1.63. The van der Waals surface area contributed by atoms with Gasteiger partial charge in [-0.1, -0.05) is 12.1 Å². The molecule has 7 heteroatoms. The zero-order chi connectivity index (χ0) is 21.0. The molecule has 4 rings (SSSR count). The lowest BCUT2D eigenvalue weighted by Crippen LogP contribution is -2.45. The van der Waals surface area contributed by atoms with Gasteiger partial charge in [-0.3, -0.25) is 9.59 Å². The van der Waals surface area contributed by atoms with Crippen molar-refractivity contribution in [3.8, 4) is 11.5 Å². The minimum absolute atomic E-state index is 0.0853. The van der Waals surface area contributed by atoms with Crippen molar-refractivity contribution in [3.63, 3.8) is 0 Å². The summed E-state index contributed by atoms with van der Waals surface area (Å²) in [4.78, 5) is 27.1. The summed E-state index contributed by atoms with van der Waals surface area (Å²) in [5.41, 5.74) is 1.87. The highest BCUT2D eigenvalue weighted by atomic mass is 32.1. The molecule has 3 heterocycles. The third-order valence-electron chi connectivity index (χ3n) is 5.99. The fourth-order valence-electron chi connectivity index (χ4n) is 4.41. The van der Waals surface area contributed by atoms with Gasteiger partial charge >= 0.3 is 0 Å². The van der Waals surface area contributed by atoms with Crippen LogP contribution in [0.1, 0.15) is 43.2 Å². The van der Waals surface area contributed by atoms with E-state index in [0.29, 0.717) is 44.7 Å². The van der Waals surface area contributed by atoms with E-state index in [1.165, 1.54) is 5.56 Å². The summed E-state index contributed by atoms with van der Waals surface area (Å²) in [5, 5.41) is 7.35. The number of rotatable bonds is 6. The van der Waals surface area contributed by atoms with Gasteiger partial charge < -0.3 is 19.7 Å². The molecule has 1 aromatic carbocycles. The number of nitrogens with one attached hydrogen (secondary N) is 1. The first-order valence-electron chi connectivity index (χ1n) is 10.5. The lowest BCUT2D eigenvalue weighted by atomic mass is 9.85. The van der Waals surface area contributed by atoms with Crippen LogP contribution in [0.4, 0.5) is 0 Å². The second kappa shape index (κ2) is 9.08. The van der Waals surface area contributed by atoms with Crippen LogP contribution in [0.5, 0.6) is 11.5 Å². The minimum Gasteiger partial charge on any atom is -0.493 e. The Labute approximate surface area is 181 Å². The van der Waals surface area contributed by atoms with Crippen LogP contribution < -0.4 is 14.8 Å². The predicted molar refractivity (Wildman–Crippen MR) is 116 cm³/mol. The molecule has 0 saturated carbocycles. The molecule has 1 unspecified atom stereocenters. The van der Waals surface area contributed by atoms with Crippen LogP contribution >= 0.6 is 11.3 Å². The Morgan fingerprint density at radius 2 is 2.27 bits per heavy atom. The first-order chi connectivity index (χ1) is 14.6. The SMILES string of the molecule is COc1cccc2c1OCCCN(C(=O)CCC1(Cc3ccsc3)CCC(=O)N1)C2. The first-order valence-corrected chi connectivity index (χ1v) is 11.4. The van der Waals surface area contributed by atoms with Crippen LogP contribution in [0.2, 0.25) is 0 Å². The third-order valence-corrected chi connectivity index (χ3v) is 6.72. The zero-order valence-electron chi connectivity index (χ0n) is 17.3. The quantitative estimate of drug-likeness (QED) is 0.764. The zero-order valence-corrected chi connectivity index (χ0v) is 18.1. The molecule has 0 spiro atoms. The summed E-state index contributed by atoms with van der Waals surface area (Å²) in [6.07, 6.45) is 3.95. The van der Waals surface area contributed by atoms with Crippen LogP contribution in [0, 0.1) is 0 Å². The summed E-state index contributed by atoms with van der Waals surface area (Å²) in [5.74, 6) is 1.64. The number of carbonyl (C=O) groups excluding carboxylic acids is 2. The van der Waals surface area contributed by atoms with E-state index < -0.39 is 0 Å². The maximum atomic E-state index is 13.2. The van der Waals surface area contributed by atoms with Gasteiger partial charge in [0.2, 0.25) is 11.8 Å². The van der Waals surface area contributed by atoms with E-state index in [1.807, 2.05) is 23.1 Å². The summed E-state index contributed by atoms with van der Waals surface area (Å²) < 4.78 is 11.3. The van der Waals surface area contributed by atoms with Crippen molar-refractivity contribution in [1.29, 1.82) is 0 Å². The summed E-state index contributed by atoms with van der Waals surface area (Å²) in [6.45, 7) is 1.73. The number of methoxy groups -OCH3 is 1. The van der Waals surface area contributed by atoms with Crippen LogP contribution in [0.3, 0.4) is 0 Å². The van der Waals surface area contributed by atoms with Crippen LogP contribution in [-0.4, -0.2) is 42.5 Å². The van der Waals surface area contributed by atoms with E-state index in [1.54, 1.807) is 18.4 Å². The molecule has 1 fully saturated rings. The molecule has 0 radical (unpaired) electrons. The van der Waals surface area contributed by atoms with Crippen molar-refractivity contribution in [2.75, 3.05) is 20.3 Å². The van der Waals surface area contributed by atoms with Crippen molar-refractivity contribution in [1.82, 2.24) is 10.2 Å². The molecule has 1 saturated heterocycles. The number of carbonyl (C=O) groups is 2. The van der Waals surface area contributed by atoms with Gasteiger partial charge in [-0.2, -0.15) is 11.3 Å². The van der Waals surface area contributed by atoms with Gasteiger partial charge in [0.15, 0.2) is 11.5 Å². The van der Waals surface area contributed by atoms with E-state index in [2.05, 4.69) is 22.1 Å². The topological polar surface area (TPSA) is 67.9 Å². The number of benzene rings is 1. The predicted octanol–water partition coefficient (Wildman–Crippen LogP) is 3.54. The standard InChI is InChI=1S/C23H28N2O4S/c1-28-19-5-2-4-18-15-25(11-3-12-29-22(18)19)21(27)7-10-23(9-6-20(26)24-23)14-17-8-13-30-16-17/h2,4-5,8,13,16H,3,6-7,9-12,14-15H2,1H3,(H,24,26). The number of fused-ring (bicyclic) bond motifs is 1. The van der Waals surface area contributed by atoms with Crippen molar-refractivity contribution in [3.05, 3.63) is 46.2 Å². The van der Waals surface area contributed by atoms with Gasteiger partial charge in [-0.15, -0.1) is 0 Å². The average Bonchev–Trinajstić information content (AvgIpc) is 3.36. The van der Waals surface area contributed by atoms with Crippen molar-refractivity contribution >= 4 is 23.2 Å². The van der Waals surface area contributed by atoms with E-state index in [-0.39, 0.29) is 17.4 Å². The highest BCUT2D eigenvalue weighted by molar-refractivity contribution is 7.07. The Morgan fingerprint density at radius 3 is 3.00 bits per heavy atom. The largest absolute Gasteiger partial charge is 0.493 e. The first kappa shape index (κ1) is 20.7. The van der Waals surface area contributed by atoms with Gasteiger partial charge in [-0.05, 0) is 54.1 Å². The molecule has 160 valence electrons. The molecule has 1 atom stereocenters. The van der Waals surface area contributed by atoms with Crippen molar-refractivity contribution in [2.45, 2.75) is 50.6 Å². The minimum atomic E-state index is -0.319. The molecular formula is C23H28N2O4S. The van der Waals surface area contributed by atoms with Gasteiger partial charge in [-0.25, -0.2) is 0 Å². The number of thiophene rings is 1. The Kier molecular flexibility index (Phi) is 6.27. The van der Waals surface area contributed by atoms with Crippen molar-refractivity contribution < 1.29 is 19.1 Å². The second-order valence-corrected chi connectivity index (χ2v) is 8.88. The molecule has 6 nitrogen and oxygen atoms in total. The summed E-state index contributed by atoms with van der Waals surface area (Å²) in [6, 6.07) is 7.89. The monoisotopic (exact) mass is 428 g/mol. The number of ether oxygens (including phenoxy) is 2. The number of hydrogen-bond acceptors (Lipinski definition) is 5. The lowest BCUT2D eigenvalue weighted by molar-refractivity contribution is -0.132. The fourth-order valence-corrected chi connectivity index (χ4v) is 5.08. The van der Waals surface area contributed by atoms with E-state index in [9.17, 15) is 9.59 Å². The smallest absolute Gasteiger partial charge is 0.222 e. The van der Waals surface area contributed by atoms with E-state index in [0.717, 1.165) is 30.6 Å². The van der Waals surface area contributed by atoms with Crippen LogP contribution in [0.15, 0.2) is 35.0 Å². The molecule has 2 amide bonds. The van der Waals surface area contributed by atoms with Crippen LogP contribution in [0.25, 0.3) is 0 Å². The molecule has 2 aromatic rings. The van der Waals surface area contributed by atoms with E-state index in [4.69, 9.17) is 9.47 Å². The molecule has 2 aliphatic heterocycles. The Morgan fingerprint density at radius 1 is 1.37 bits per heavy atom. The highest BCUT2D eigenvalue weighted by Crippen LogP contribution is 2.34. The number of hydrogen-bond donors (Lipinski definition) is 1. The number of nitrogens with zero attached hydrogens (tertiary/aromatic N) is 1. The maximum Gasteiger partial charge on any atom is 0.222 e. The normalized spacial score (nSPS) is 21.2. The molecule has 1 aromatic heterocycles. The fraction of sp³-hybridized carbons (Fsp3) is 0.478. The van der Waals surface area contributed by atoms with Crippen molar-refractivity contribution in [2.24, 2.45) is 0 Å². The summed E-state index contributed by atoms with van der Waals surface area (Å²) >= 11 is 1.66. The average molecular weight is 429 g/mol. The Balaban J connectivity index is 1.45. The molecule has 30 heavy (non-hydrogen) atoms. The van der Waals surface area contributed by atoms with Gasteiger partial charge in [0.25, 0.3) is 0 Å². The highest BCUT2D eigenvalue weighted by Gasteiger charge is 2.38. The van der Waals surface area contributed by atoms with Gasteiger partial charge in [0.05, 0.1) is 13.7 Å². The number of amides is 2. The van der Waals surface area contributed by atoms with E-state index >= 15 is 0 Å². The molecule has 0 bridgehead atoms. The lowest BCUT2D eigenvalue weighted by Gasteiger charge is -2.31. The molecule has 0 aliphatic carbocycles. The Hall–Kier alpha value is -2.54. The molecule has 2 aliphatic rings.